The van der Waals surface area contributed by atoms with E-state index in [0.717, 1.165) is 32.6 Å². The van der Waals surface area contributed by atoms with E-state index in [4.69, 9.17) is 70.1 Å². The lowest BCUT2D eigenvalue weighted by Crippen LogP contribution is -2.31. The van der Waals surface area contributed by atoms with Crippen molar-refractivity contribution >= 4 is 114 Å². The average molecular weight is 1250 g/mol. The van der Waals surface area contributed by atoms with Gasteiger partial charge in [0, 0.05) is 48.6 Å². The van der Waals surface area contributed by atoms with Gasteiger partial charge in [-0.25, -0.2) is 0 Å². The third-order valence-corrected chi connectivity index (χ3v) is 26.0. The molecular formula is C49H60N9O10P8S2+3. The van der Waals surface area contributed by atoms with E-state index in [1.807, 2.05) is 128 Å². The zero-order chi connectivity index (χ0) is 56.0. The molecule has 0 aliphatic carbocycles. The monoisotopic (exact) mass is 1250 g/mol. The van der Waals surface area contributed by atoms with E-state index in [1.165, 1.54) is 28.4 Å². The molecule has 5 atom stereocenters. The van der Waals surface area contributed by atoms with E-state index in [-0.39, 0.29) is 27.8 Å². The lowest BCUT2D eigenvalue weighted by molar-refractivity contribution is 0.158. The first kappa shape index (κ1) is 62.9. The fourth-order valence-electron chi connectivity index (χ4n) is 7.04. The van der Waals surface area contributed by atoms with Gasteiger partial charge in [-0.15, -0.1) is 5.10 Å². The smallest absolute Gasteiger partial charge is 0.472 e. The summed E-state index contributed by atoms with van der Waals surface area (Å²) in [6.45, 7) is 0.609. The van der Waals surface area contributed by atoms with Crippen LogP contribution in [0.4, 0.5) is 0 Å². The van der Waals surface area contributed by atoms with Gasteiger partial charge in [-0.3, -0.25) is 23.5 Å². The zero-order valence-corrected chi connectivity index (χ0v) is 52.6. The molecule has 0 saturated carbocycles. The van der Waals surface area contributed by atoms with Crippen LogP contribution in [0.25, 0.3) is 10.4 Å². The minimum absolute atomic E-state index is 0.00898. The van der Waals surface area contributed by atoms with Crippen molar-refractivity contribution in [1.82, 2.24) is 14.7 Å². The van der Waals surface area contributed by atoms with Gasteiger partial charge in [0.1, 0.15) is 33.3 Å². The van der Waals surface area contributed by atoms with Crippen molar-refractivity contribution in [3.8, 4) is 23.0 Å². The maximum Gasteiger partial charge on any atom is 0.545 e. The number of rotatable bonds is 31. The predicted molar refractivity (Wildman–Crippen MR) is 333 cm³/mol. The van der Waals surface area contributed by atoms with Crippen LogP contribution in [0, 0.1) is 0 Å². The number of hydrogen-bond acceptors (Lipinski definition) is 17. The molecular weight excluding hydrogens is 1190 g/mol. The van der Waals surface area contributed by atoms with Crippen LogP contribution in [0.15, 0.2) is 177 Å². The molecule has 0 bridgehead atoms. The van der Waals surface area contributed by atoms with Crippen LogP contribution in [-0.4, -0.2) is 100 Å². The van der Waals surface area contributed by atoms with Crippen LogP contribution < -0.4 is 34.2 Å². The fraction of sp³-hybridized carbons (Fsp3) is 0.224. The molecule has 19 nitrogen and oxygen atoms in total. The quantitative estimate of drug-likeness (QED) is 0.00817. The van der Waals surface area contributed by atoms with E-state index in [9.17, 15) is 9.46 Å². The molecule has 0 amide bonds. The Hall–Kier alpha value is -4.25. The van der Waals surface area contributed by atoms with Gasteiger partial charge >= 0.3 is 29.7 Å². The van der Waals surface area contributed by atoms with E-state index < -0.39 is 44.2 Å². The van der Waals surface area contributed by atoms with Crippen molar-refractivity contribution in [2.75, 3.05) is 68.4 Å². The summed E-state index contributed by atoms with van der Waals surface area (Å²) in [6.07, 6.45) is 3.94. The molecule has 29 heteroatoms. The standard InChI is InChI=1S/C49H60N9O10P8S2/c1-56(51-35-41-19-23-44(24-20-41)66-70-72(69)54-53-50)37-65-43-29-31-49(32-30-43)76(47-13-9-7-10-14-47,48-15-11-8-12-16-48)55-71(77)67-45-27-21-42(22-28-45)36-52-57(2)73(78)68-46-25-17-40(18-26-46)33-34-58(38-74(59,61-3)62-4)39-75(60,63-5)64-6/h7-32,35-36,59,70H,33-34,37-39,69H2,1-6H3/q+3. The van der Waals surface area contributed by atoms with Gasteiger partial charge in [-0.1, -0.05) is 91.4 Å². The number of azide groups is 1. The van der Waals surface area contributed by atoms with Gasteiger partial charge in [0.2, 0.25) is 23.6 Å². The molecule has 6 aromatic rings. The Bertz CT molecular complexity index is 3050. The van der Waals surface area contributed by atoms with Crippen molar-refractivity contribution in [3.05, 3.63) is 185 Å². The minimum Gasteiger partial charge on any atom is -0.472 e. The highest BCUT2D eigenvalue weighted by Crippen LogP contribution is 2.63. The Morgan fingerprint density at radius 3 is 1.79 bits per heavy atom. The molecule has 0 heterocycles. The van der Waals surface area contributed by atoms with Crippen LogP contribution in [0.2, 0.25) is 0 Å². The van der Waals surface area contributed by atoms with E-state index in [0.29, 0.717) is 36.0 Å². The third kappa shape index (κ3) is 19.2. The summed E-state index contributed by atoms with van der Waals surface area (Å²) < 4.78 is 65.2. The second kappa shape index (κ2) is 31.7. The number of hydrazone groups is 2. The lowest BCUT2D eigenvalue weighted by Gasteiger charge is -2.26. The summed E-state index contributed by atoms with van der Waals surface area (Å²) in [5.41, 5.74) is 11.3. The van der Waals surface area contributed by atoms with E-state index in [1.54, 1.807) is 34.2 Å². The molecule has 0 aliphatic heterocycles. The highest BCUT2D eigenvalue weighted by atomic mass is 32.4. The minimum atomic E-state index is -3.43. The summed E-state index contributed by atoms with van der Waals surface area (Å²) in [6, 6.07) is 50.9. The Kier molecular flexibility index (Phi) is 25.6. The van der Waals surface area contributed by atoms with Crippen LogP contribution >= 0.6 is 61.6 Å². The molecule has 0 aliphatic rings. The average Bonchev–Trinajstić information content (AvgIpc) is 3.50. The fourth-order valence-corrected chi connectivity index (χ4v) is 18.8. The largest absolute Gasteiger partial charge is 0.545 e. The molecule has 78 heavy (non-hydrogen) atoms. The van der Waals surface area contributed by atoms with Crippen LogP contribution in [0.5, 0.6) is 23.0 Å². The molecule has 410 valence electrons. The molecule has 0 spiro atoms. The van der Waals surface area contributed by atoms with Gasteiger partial charge in [0.15, 0.2) is 24.5 Å². The van der Waals surface area contributed by atoms with Crippen molar-refractivity contribution in [3.63, 3.8) is 0 Å². The normalized spacial score (nSPS) is 12.8. The van der Waals surface area contributed by atoms with Gasteiger partial charge in [0.05, 0.1) is 41.1 Å². The molecule has 1 N–H and O–H groups in total. The first-order chi connectivity index (χ1) is 37.6. The van der Waals surface area contributed by atoms with E-state index >= 15 is 0 Å². The Morgan fingerprint density at radius 1 is 0.731 bits per heavy atom. The Labute approximate surface area is 473 Å². The maximum absolute atomic E-state index is 13.0. The number of hydrogen-bond donors (Lipinski definition) is 1. The molecule has 0 radical (unpaired) electrons. The van der Waals surface area contributed by atoms with Crippen molar-refractivity contribution in [2.24, 2.45) is 19.6 Å². The third-order valence-electron chi connectivity index (χ3n) is 11.1. The molecule has 6 rings (SSSR count). The predicted octanol–water partition coefficient (Wildman–Crippen LogP) is 13.1. The number of benzene rings is 6. The molecule has 0 fully saturated rings. The van der Waals surface area contributed by atoms with Crippen LogP contribution in [0.3, 0.4) is 0 Å². The second-order valence-electron chi connectivity index (χ2n) is 16.4. The molecule has 0 aromatic heterocycles. The van der Waals surface area contributed by atoms with Crippen molar-refractivity contribution < 1.29 is 45.9 Å². The molecule has 6 aromatic carbocycles. The van der Waals surface area contributed by atoms with Gasteiger partial charge in [-0.05, 0) is 118 Å². The van der Waals surface area contributed by atoms with Crippen LogP contribution in [-0.2, 0) is 52.7 Å². The summed E-state index contributed by atoms with van der Waals surface area (Å²) in [7, 11) is -2.13. The Morgan fingerprint density at radius 2 is 1.24 bits per heavy atom. The summed E-state index contributed by atoms with van der Waals surface area (Å²) in [5, 5.41) is 13.8. The van der Waals surface area contributed by atoms with Gasteiger partial charge in [-0.2, -0.15) is 19.0 Å². The van der Waals surface area contributed by atoms with Crippen molar-refractivity contribution in [2.45, 2.75) is 6.42 Å². The van der Waals surface area contributed by atoms with Gasteiger partial charge in [0.25, 0.3) is 0 Å². The summed E-state index contributed by atoms with van der Waals surface area (Å²) >= 11 is 11.8. The summed E-state index contributed by atoms with van der Waals surface area (Å²) in [4.78, 5) is 19.0. The SMILES string of the molecule is COP(=O)(CN(CCc1ccc(O[P+](=S)N(C)N=Cc2ccc(O[P+](=S)N=P(c3ccccc3)(c3ccccc3)c3ccc(OCN(C)N=Cc4ccc(OPP(P)N=[N+]=[N-])cc4)cc3)cc2)cc1)C[P+](O)(OC)OC)OC. The van der Waals surface area contributed by atoms with Crippen LogP contribution in [0.1, 0.15) is 16.7 Å². The highest BCUT2D eigenvalue weighted by molar-refractivity contribution is 8.46. The first-order valence-electron chi connectivity index (χ1n) is 23.4. The molecule has 0 saturated heterocycles. The van der Waals surface area contributed by atoms with Crippen molar-refractivity contribution in [1.29, 1.82) is 0 Å². The first-order valence-corrected chi connectivity index (χ1v) is 37.7. The van der Waals surface area contributed by atoms with Gasteiger partial charge < -0.3 is 18.3 Å². The second-order valence-corrected chi connectivity index (χ2v) is 34.4. The summed E-state index contributed by atoms with van der Waals surface area (Å²) in [5.74, 6) is 2.50. The lowest BCUT2D eigenvalue weighted by atomic mass is 10.1. The maximum atomic E-state index is 13.0. The topological polar surface area (TPSA) is 207 Å². The zero-order valence-electron chi connectivity index (χ0n) is 43.4. The van der Waals surface area contributed by atoms with E-state index in [2.05, 4.69) is 65.3 Å². The highest BCUT2D eigenvalue weighted by Gasteiger charge is 2.42. The number of ether oxygens (including phenoxy) is 1. The molecule has 5 unspecified atom stereocenters. The Balaban J connectivity index is 1.08. The number of nitrogens with zero attached hydrogens (tertiary/aromatic N) is 9.